The predicted molar refractivity (Wildman–Crippen MR) is 132 cm³/mol. The lowest BCUT2D eigenvalue weighted by Crippen LogP contribution is -2.24. The average molecular weight is 473 g/mol. The Labute approximate surface area is 201 Å². The second kappa shape index (κ2) is 10.5. The topological polar surface area (TPSA) is 53.3 Å². The minimum atomic E-state index is -0.177. The van der Waals surface area contributed by atoms with E-state index >= 15 is 0 Å². The first kappa shape index (κ1) is 24.2. The van der Waals surface area contributed by atoms with Crippen molar-refractivity contribution in [2.75, 3.05) is 7.11 Å². The molecule has 1 aromatic heterocycles. The molecule has 0 spiro atoms. The summed E-state index contributed by atoms with van der Waals surface area (Å²) in [6, 6.07) is 15.6. The molecule has 0 N–H and O–H groups in total. The number of ether oxygens (including phenoxy) is 2. The highest BCUT2D eigenvalue weighted by Gasteiger charge is 2.33. The van der Waals surface area contributed by atoms with Crippen LogP contribution >= 0.6 is 25.1 Å². The number of para-hydroxylation sites is 2. The predicted octanol–water partition coefficient (Wildman–Crippen LogP) is 5.76. The minimum absolute atomic E-state index is 0. The van der Waals surface area contributed by atoms with Crippen molar-refractivity contribution in [2.45, 2.75) is 45.6 Å². The number of aromatic nitrogens is 2. The second-order valence-electron chi connectivity index (χ2n) is 7.84. The highest BCUT2D eigenvalue weighted by atomic mass is 35.5. The summed E-state index contributed by atoms with van der Waals surface area (Å²) in [5, 5.41) is 5.60. The van der Waals surface area contributed by atoms with Crippen molar-refractivity contribution < 1.29 is 14.3 Å². The molecule has 0 bridgehead atoms. The monoisotopic (exact) mass is 472 g/mol. The van der Waals surface area contributed by atoms with Gasteiger partial charge in [0.1, 0.15) is 17.5 Å². The molecule has 1 heterocycles. The second-order valence-corrected chi connectivity index (χ2v) is 8.28. The maximum Gasteiger partial charge on any atom is 0.309 e. The Balaban J connectivity index is 0.00000289. The molecule has 3 aromatic rings. The molecule has 0 aliphatic heterocycles. The smallest absolute Gasteiger partial charge is 0.309 e. The number of carbonyl (C=O) groups is 1. The molecule has 0 saturated carbocycles. The van der Waals surface area contributed by atoms with Gasteiger partial charge in [0, 0.05) is 29.0 Å². The van der Waals surface area contributed by atoms with Gasteiger partial charge in [-0.1, -0.05) is 49.7 Å². The van der Waals surface area contributed by atoms with E-state index in [4.69, 9.17) is 26.2 Å². The van der Waals surface area contributed by atoms with Gasteiger partial charge in [-0.25, -0.2) is 4.68 Å². The zero-order valence-corrected chi connectivity index (χ0v) is 20.4. The van der Waals surface area contributed by atoms with Gasteiger partial charge in [0.2, 0.25) is 0 Å². The number of fused-ring (bicyclic) bond motifs is 1. The SMILES string of the molecule is CCC(CC)C(=O)O[C@@H]1Cc2nn(-c3ccccc3OC)c(-c3ccc(Cl)cc3)c2C1.S. The zero-order valence-electron chi connectivity index (χ0n) is 18.6. The number of methoxy groups -OCH3 is 1. The molecule has 0 radical (unpaired) electrons. The molecule has 0 unspecified atom stereocenters. The molecule has 170 valence electrons. The fraction of sp³-hybridized carbons (Fsp3) is 0.360. The van der Waals surface area contributed by atoms with Crippen molar-refractivity contribution >= 4 is 31.1 Å². The molecule has 0 amide bonds. The summed E-state index contributed by atoms with van der Waals surface area (Å²) in [5.41, 5.74) is 4.93. The average Bonchev–Trinajstić information content (AvgIpc) is 3.32. The van der Waals surface area contributed by atoms with Gasteiger partial charge in [-0.05, 0) is 37.1 Å². The Bertz CT molecular complexity index is 1080. The number of carbonyl (C=O) groups excluding carboxylic acids is 1. The van der Waals surface area contributed by atoms with Crippen molar-refractivity contribution in [3.05, 3.63) is 64.8 Å². The molecule has 5 nitrogen and oxygen atoms in total. The Morgan fingerprint density at radius 3 is 2.47 bits per heavy atom. The van der Waals surface area contributed by atoms with Gasteiger partial charge in [0.05, 0.1) is 24.4 Å². The molecular weight excluding hydrogens is 444 g/mol. The molecule has 7 heteroatoms. The number of rotatable bonds is 7. The summed E-state index contributed by atoms with van der Waals surface area (Å²) in [6.07, 6.45) is 2.68. The van der Waals surface area contributed by atoms with Crippen molar-refractivity contribution in [1.82, 2.24) is 9.78 Å². The number of esters is 1. The van der Waals surface area contributed by atoms with E-state index in [0.717, 1.165) is 46.8 Å². The van der Waals surface area contributed by atoms with Crippen LogP contribution in [0.25, 0.3) is 16.9 Å². The lowest BCUT2D eigenvalue weighted by Gasteiger charge is -2.18. The van der Waals surface area contributed by atoms with Crippen LogP contribution in [0.15, 0.2) is 48.5 Å². The van der Waals surface area contributed by atoms with Crippen LogP contribution in [0, 0.1) is 5.92 Å². The van der Waals surface area contributed by atoms with E-state index in [-0.39, 0.29) is 31.5 Å². The van der Waals surface area contributed by atoms with Crippen LogP contribution in [-0.4, -0.2) is 29.0 Å². The van der Waals surface area contributed by atoms with Crippen molar-refractivity contribution in [3.8, 4) is 22.7 Å². The quantitative estimate of drug-likeness (QED) is 0.410. The van der Waals surface area contributed by atoms with Gasteiger partial charge in [0.15, 0.2) is 0 Å². The van der Waals surface area contributed by atoms with Crippen LogP contribution in [0.3, 0.4) is 0 Å². The Morgan fingerprint density at radius 1 is 1.12 bits per heavy atom. The van der Waals surface area contributed by atoms with Crippen LogP contribution in [0.1, 0.15) is 37.9 Å². The van der Waals surface area contributed by atoms with Crippen molar-refractivity contribution in [2.24, 2.45) is 5.92 Å². The van der Waals surface area contributed by atoms with Gasteiger partial charge in [-0.2, -0.15) is 18.6 Å². The molecule has 0 saturated heterocycles. The standard InChI is InChI=1S/C25H27ClN2O3.H2S/c1-4-16(5-2)25(29)31-19-14-20-21(15-19)27-28(22-8-6-7-9-23(22)30-3)24(20)17-10-12-18(26)13-11-17;/h6-13,16,19H,4-5,14-15H2,1-3H3;1H2/t19-;/m0./s1. The molecule has 0 fully saturated rings. The third kappa shape index (κ3) is 4.66. The van der Waals surface area contributed by atoms with E-state index < -0.39 is 0 Å². The van der Waals surface area contributed by atoms with Crippen molar-refractivity contribution in [3.63, 3.8) is 0 Å². The number of benzene rings is 2. The van der Waals surface area contributed by atoms with E-state index in [1.54, 1.807) is 7.11 Å². The lowest BCUT2D eigenvalue weighted by atomic mass is 10.0. The third-order valence-corrected chi connectivity index (χ3v) is 6.20. The third-order valence-electron chi connectivity index (χ3n) is 5.95. The van der Waals surface area contributed by atoms with Crippen LogP contribution < -0.4 is 4.74 Å². The molecule has 1 aliphatic rings. The van der Waals surface area contributed by atoms with Gasteiger partial charge in [-0.3, -0.25) is 4.79 Å². The van der Waals surface area contributed by atoms with Crippen LogP contribution in [0.2, 0.25) is 5.02 Å². The van der Waals surface area contributed by atoms with Gasteiger partial charge in [-0.15, -0.1) is 0 Å². The fourth-order valence-corrected chi connectivity index (χ4v) is 4.36. The minimum Gasteiger partial charge on any atom is -0.494 e. The zero-order chi connectivity index (χ0) is 22.0. The number of halogens is 1. The van der Waals surface area contributed by atoms with Gasteiger partial charge < -0.3 is 9.47 Å². The van der Waals surface area contributed by atoms with E-state index in [1.165, 1.54) is 0 Å². The molecule has 2 aromatic carbocycles. The largest absolute Gasteiger partial charge is 0.494 e. The van der Waals surface area contributed by atoms with E-state index in [2.05, 4.69) is 0 Å². The summed E-state index contributed by atoms with van der Waals surface area (Å²) >= 11 is 6.13. The Morgan fingerprint density at radius 2 is 1.81 bits per heavy atom. The summed E-state index contributed by atoms with van der Waals surface area (Å²) in [4.78, 5) is 12.5. The highest BCUT2D eigenvalue weighted by Crippen LogP contribution is 2.37. The summed E-state index contributed by atoms with van der Waals surface area (Å²) < 4.78 is 13.4. The highest BCUT2D eigenvalue weighted by molar-refractivity contribution is 7.59. The van der Waals surface area contributed by atoms with E-state index in [9.17, 15) is 4.79 Å². The first-order chi connectivity index (χ1) is 15.0. The van der Waals surface area contributed by atoms with Crippen LogP contribution in [0.5, 0.6) is 5.75 Å². The lowest BCUT2D eigenvalue weighted by molar-refractivity contribution is -0.153. The maximum absolute atomic E-state index is 12.5. The van der Waals surface area contributed by atoms with Gasteiger partial charge in [0.25, 0.3) is 0 Å². The van der Waals surface area contributed by atoms with Gasteiger partial charge >= 0.3 is 5.97 Å². The van der Waals surface area contributed by atoms with E-state index in [1.807, 2.05) is 67.1 Å². The number of hydrogen-bond donors (Lipinski definition) is 0. The molecule has 4 rings (SSSR count). The molecule has 1 atom stereocenters. The molecule has 32 heavy (non-hydrogen) atoms. The summed E-state index contributed by atoms with van der Waals surface area (Å²) in [5.74, 6) is 0.596. The number of hydrogen-bond acceptors (Lipinski definition) is 4. The first-order valence-corrected chi connectivity index (χ1v) is 11.1. The van der Waals surface area contributed by atoms with E-state index in [0.29, 0.717) is 17.9 Å². The molecule has 1 aliphatic carbocycles. The number of nitrogens with zero attached hydrogens (tertiary/aromatic N) is 2. The normalized spacial score (nSPS) is 14.7. The van der Waals surface area contributed by atoms with Crippen LogP contribution in [0.4, 0.5) is 0 Å². The Kier molecular flexibility index (Phi) is 7.91. The van der Waals surface area contributed by atoms with Crippen molar-refractivity contribution in [1.29, 1.82) is 0 Å². The summed E-state index contributed by atoms with van der Waals surface area (Å²) in [6.45, 7) is 4.05. The first-order valence-electron chi connectivity index (χ1n) is 10.8. The Hall–Kier alpha value is -2.44. The summed E-state index contributed by atoms with van der Waals surface area (Å²) in [7, 11) is 1.66. The maximum atomic E-state index is 12.5. The fourth-order valence-electron chi connectivity index (χ4n) is 4.24. The van der Waals surface area contributed by atoms with Crippen LogP contribution in [-0.2, 0) is 22.4 Å². The molecular formula is C25H29ClN2O3S.